The molecule has 21 heavy (non-hydrogen) atoms. The fourth-order valence-electron chi connectivity index (χ4n) is 1.85. The summed E-state index contributed by atoms with van der Waals surface area (Å²) >= 11 is 1.56. The Morgan fingerprint density at radius 3 is 2.90 bits per heavy atom. The van der Waals surface area contributed by atoms with E-state index in [0.29, 0.717) is 12.5 Å². The van der Waals surface area contributed by atoms with Gasteiger partial charge in [-0.3, -0.25) is 0 Å². The van der Waals surface area contributed by atoms with E-state index in [9.17, 15) is 4.79 Å². The second-order valence-corrected chi connectivity index (χ2v) is 6.03. The number of hydrogen-bond acceptors (Lipinski definition) is 3. The Morgan fingerprint density at radius 2 is 2.19 bits per heavy atom. The number of aliphatic carboxylic acids is 1. The Kier molecular flexibility index (Phi) is 5.17. The maximum atomic E-state index is 10.5. The number of hydrogen-bond donors (Lipinski definition) is 1. The minimum absolute atomic E-state index is 0.475. The van der Waals surface area contributed by atoms with Crippen molar-refractivity contribution in [2.24, 2.45) is 0 Å². The second-order valence-electron chi connectivity index (χ2n) is 5.03. The van der Waals surface area contributed by atoms with Gasteiger partial charge in [-0.05, 0) is 46.7 Å². The van der Waals surface area contributed by atoms with Crippen molar-refractivity contribution in [2.45, 2.75) is 26.4 Å². The first-order valence-electron chi connectivity index (χ1n) is 6.76. The van der Waals surface area contributed by atoms with Gasteiger partial charge in [0.05, 0.1) is 0 Å². The molecule has 0 aliphatic heterocycles. The molecule has 1 N–H and O–H groups in total. The topological polar surface area (TPSA) is 46.5 Å². The fourth-order valence-corrected chi connectivity index (χ4v) is 2.61. The minimum Gasteiger partial charge on any atom is -0.488 e. The van der Waals surface area contributed by atoms with Crippen molar-refractivity contribution in [1.82, 2.24) is 0 Å². The number of carboxylic acids is 1. The lowest BCUT2D eigenvalue weighted by atomic mass is 10.0. The van der Waals surface area contributed by atoms with Crippen LogP contribution in [0.3, 0.4) is 0 Å². The first-order valence-corrected chi connectivity index (χ1v) is 7.64. The molecule has 0 atom stereocenters. The lowest BCUT2D eigenvalue weighted by Gasteiger charge is -2.09. The van der Waals surface area contributed by atoms with E-state index in [4.69, 9.17) is 9.84 Å². The van der Waals surface area contributed by atoms with Crippen molar-refractivity contribution in [3.63, 3.8) is 0 Å². The molecule has 0 saturated carbocycles. The highest BCUT2D eigenvalue weighted by Gasteiger charge is 2.03. The monoisotopic (exact) mass is 302 g/mol. The predicted octanol–water partition coefficient (Wildman–Crippen LogP) is 4.55. The summed E-state index contributed by atoms with van der Waals surface area (Å²) in [6.45, 7) is 4.80. The Labute approximate surface area is 128 Å². The Hall–Kier alpha value is -2.07. The zero-order valence-electron chi connectivity index (χ0n) is 12.1. The van der Waals surface area contributed by atoms with E-state index in [-0.39, 0.29) is 0 Å². The summed E-state index contributed by atoms with van der Waals surface area (Å²) in [4.78, 5) is 11.5. The smallest absolute Gasteiger partial charge is 0.328 e. The van der Waals surface area contributed by atoms with Crippen LogP contribution in [0.2, 0.25) is 0 Å². The molecule has 0 spiro atoms. The molecule has 4 heteroatoms. The van der Waals surface area contributed by atoms with Crippen LogP contribution in [0.15, 0.2) is 41.8 Å². The molecule has 0 radical (unpaired) electrons. The average molecular weight is 302 g/mol. The minimum atomic E-state index is -0.940. The first kappa shape index (κ1) is 15.3. The summed E-state index contributed by atoms with van der Waals surface area (Å²) in [7, 11) is 0. The number of thiophene rings is 1. The van der Waals surface area contributed by atoms with Crippen molar-refractivity contribution < 1.29 is 14.6 Å². The van der Waals surface area contributed by atoms with Gasteiger partial charge in [0.15, 0.2) is 0 Å². The Morgan fingerprint density at radius 1 is 1.38 bits per heavy atom. The normalized spacial score (nSPS) is 11.2. The molecular weight excluding hydrogens is 284 g/mol. The molecule has 1 heterocycles. The molecule has 3 nitrogen and oxygen atoms in total. The van der Waals surface area contributed by atoms with E-state index >= 15 is 0 Å². The lowest BCUT2D eigenvalue weighted by molar-refractivity contribution is -0.131. The summed E-state index contributed by atoms with van der Waals surface area (Å²) in [6, 6.07) is 10.0. The van der Waals surface area contributed by atoms with Crippen LogP contribution in [0.4, 0.5) is 0 Å². The average Bonchev–Trinajstić information content (AvgIpc) is 2.91. The number of rotatable bonds is 6. The zero-order chi connectivity index (χ0) is 15.2. The van der Waals surface area contributed by atoms with Crippen LogP contribution in [0.1, 0.15) is 35.8 Å². The quantitative estimate of drug-likeness (QED) is 0.796. The molecule has 0 aliphatic rings. The van der Waals surface area contributed by atoms with Gasteiger partial charge in [-0.1, -0.05) is 26.0 Å². The molecule has 0 saturated heterocycles. The van der Waals surface area contributed by atoms with E-state index in [2.05, 4.69) is 26.0 Å². The fraction of sp³-hybridized carbons (Fsp3) is 0.235. The standard InChI is InChI=1S/C17H18O3S/c1-12(2)14-4-3-5-15(9-14)20-10-16-8-13(11-21-16)6-7-17(18)19/h3-9,11-12H,10H2,1-2H3,(H,18,19). The van der Waals surface area contributed by atoms with Gasteiger partial charge < -0.3 is 9.84 Å². The second kappa shape index (κ2) is 7.09. The Bertz CT molecular complexity index is 641. The van der Waals surface area contributed by atoms with Gasteiger partial charge in [-0.25, -0.2) is 4.79 Å². The molecule has 2 aromatic rings. The van der Waals surface area contributed by atoms with Crippen LogP contribution in [0, 0.1) is 0 Å². The van der Waals surface area contributed by atoms with Gasteiger partial charge in [0.25, 0.3) is 0 Å². The van der Waals surface area contributed by atoms with Gasteiger partial charge in [-0.15, -0.1) is 11.3 Å². The summed E-state index contributed by atoms with van der Waals surface area (Å²) < 4.78 is 5.79. The highest BCUT2D eigenvalue weighted by molar-refractivity contribution is 7.10. The van der Waals surface area contributed by atoms with Gasteiger partial charge in [0.2, 0.25) is 0 Å². The molecule has 0 bridgehead atoms. The molecule has 0 fully saturated rings. The number of carboxylic acid groups (broad SMARTS) is 1. The van der Waals surface area contributed by atoms with Crippen LogP contribution in [0.25, 0.3) is 6.08 Å². The first-order chi connectivity index (χ1) is 10.0. The van der Waals surface area contributed by atoms with Crippen LogP contribution < -0.4 is 4.74 Å². The van der Waals surface area contributed by atoms with Gasteiger partial charge >= 0.3 is 5.97 Å². The van der Waals surface area contributed by atoms with Gasteiger partial charge in [0.1, 0.15) is 12.4 Å². The third kappa shape index (κ3) is 4.76. The van der Waals surface area contributed by atoms with Crippen LogP contribution in [-0.2, 0) is 11.4 Å². The third-order valence-electron chi connectivity index (χ3n) is 3.00. The summed E-state index contributed by atoms with van der Waals surface area (Å²) in [5.74, 6) is 0.393. The molecule has 0 unspecified atom stereocenters. The maximum absolute atomic E-state index is 10.5. The van der Waals surface area contributed by atoms with Gasteiger partial charge in [-0.2, -0.15) is 0 Å². The molecule has 0 amide bonds. The Balaban J connectivity index is 1.97. The van der Waals surface area contributed by atoms with E-state index in [1.165, 1.54) is 5.56 Å². The summed E-state index contributed by atoms with van der Waals surface area (Å²) in [5, 5.41) is 10.5. The number of carbonyl (C=O) groups is 1. The van der Waals surface area contributed by atoms with Crippen LogP contribution in [-0.4, -0.2) is 11.1 Å². The molecule has 2 rings (SSSR count). The van der Waals surface area contributed by atoms with E-state index in [1.54, 1.807) is 17.4 Å². The summed E-state index contributed by atoms with van der Waals surface area (Å²) in [6.07, 6.45) is 2.72. The molecule has 0 aliphatic carbocycles. The lowest BCUT2D eigenvalue weighted by Crippen LogP contribution is -1.94. The molecule has 110 valence electrons. The SMILES string of the molecule is CC(C)c1cccc(OCc2cc(C=CC(=O)O)cs2)c1. The zero-order valence-corrected chi connectivity index (χ0v) is 12.9. The summed E-state index contributed by atoms with van der Waals surface area (Å²) in [5.41, 5.74) is 2.14. The van der Waals surface area contributed by atoms with Crippen LogP contribution >= 0.6 is 11.3 Å². The third-order valence-corrected chi connectivity index (χ3v) is 3.93. The highest BCUT2D eigenvalue weighted by atomic mass is 32.1. The van der Waals surface area contributed by atoms with E-state index in [0.717, 1.165) is 22.3 Å². The van der Waals surface area contributed by atoms with Crippen molar-refractivity contribution in [2.75, 3.05) is 0 Å². The van der Waals surface area contributed by atoms with Gasteiger partial charge in [0, 0.05) is 11.0 Å². The number of ether oxygens (including phenoxy) is 1. The highest BCUT2D eigenvalue weighted by Crippen LogP contribution is 2.22. The van der Waals surface area contributed by atoms with E-state index < -0.39 is 5.97 Å². The van der Waals surface area contributed by atoms with E-state index in [1.807, 2.05) is 23.6 Å². The van der Waals surface area contributed by atoms with Crippen molar-refractivity contribution in [1.29, 1.82) is 0 Å². The van der Waals surface area contributed by atoms with Crippen LogP contribution in [0.5, 0.6) is 5.75 Å². The molecule has 1 aromatic heterocycles. The maximum Gasteiger partial charge on any atom is 0.328 e. The molecule has 1 aromatic carbocycles. The van der Waals surface area contributed by atoms with Crippen molar-refractivity contribution in [3.8, 4) is 5.75 Å². The number of benzene rings is 1. The predicted molar refractivity (Wildman–Crippen MR) is 85.9 cm³/mol. The van der Waals surface area contributed by atoms with Crippen molar-refractivity contribution in [3.05, 3.63) is 57.8 Å². The largest absolute Gasteiger partial charge is 0.488 e. The molecular formula is C17H18O3S. The van der Waals surface area contributed by atoms with Crippen molar-refractivity contribution >= 4 is 23.4 Å².